The molecule has 4 heteroatoms. The van der Waals surface area contributed by atoms with Gasteiger partial charge in [-0.05, 0) is 30.7 Å². The number of carbonyl (C=O) groups is 1. The quantitative estimate of drug-likeness (QED) is 0.759. The summed E-state index contributed by atoms with van der Waals surface area (Å²) in [5.41, 5.74) is 0.927. The van der Waals surface area contributed by atoms with Crippen LogP contribution >= 0.6 is 0 Å². The number of hydrogen-bond donors (Lipinski definition) is 2. The van der Waals surface area contributed by atoms with Gasteiger partial charge < -0.3 is 15.2 Å². The van der Waals surface area contributed by atoms with Gasteiger partial charge in [0.05, 0.1) is 12.2 Å². The monoisotopic (exact) mass is 271 g/mol. The van der Waals surface area contributed by atoms with Crippen LogP contribution in [-0.2, 0) is 0 Å². The van der Waals surface area contributed by atoms with Gasteiger partial charge in [-0.1, -0.05) is 30.3 Å². The van der Waals surface area contributed by atoms with E-state index in [1.165, 1.54) is 0 Å². The summed E-state index contributed by atoms with van der Waals surface area (Å²) in [5, 5.41) is 12.2. The van der Waals surface area contributed by atoms with E-state index in [1.54, 1.807) is 18.2 Å². The molecule has 2 N–H and O–H groups in total. The fourth-order valence-electron chi connectivity index (χ4n) is 1.83. The zero-order chi connectivity index (χ0) is 14.2. The molecule has 0 unspecified atom stereocenters. The number of hydrogen-bond acceptors (Lipinski definition) is 3. The second-order valence-corrected chi connectivity index (χ2v) is 4.29. The molecule has 2 aromatic rings. The Labute approximate surface area is 118 Å². The lowest BCUT2D eigenvalue weighted by Crippen LogP contribution is -2.10. The van der Waals surface area contributed by atoms with Crippen LogP contribution in [0.25, 0.3) is 0 Å². The number of rotatable bonds is 7. The Bertz CT molecular complexity index is 555. The highest BCUT2D eigenvalue weighted by molar-refractivity contribution is 5.94. The number of para-hydroxylation sites is 2. The summed E-state index contributed by atoms with van der Waals surface area (Å²) < 4.78 is 5.57. The van der Waals surface area contributed by atoms with Crippen LogP contribution < -0.4 is 10.1 Å². The average molecular weight is 271 g/mol. The largest absolute Gasteiger partial charge is 0.494 e. The topological polar surface area (TPSA) is 58.6 Å². The predicted octanol–water partition coefficient (Wildman–Crippen LogP) is 3.27. The van der Waals surface area contributed by atoms with E-state index in [0.29, 0.717) is 18.8 Å². The minimum Gasteiger partial charge on any atom is -0.494 e. The molecule has 0 saturated heterocycles. The number of nitrogens with one attached hydrogen (secondary N) is 1. The summed E-state index contributed by atoms with van der Waals surface area (Å²) in [6, 6.07) is 16.5. The number of anilines is 1. The van der Waals surface area contributed by atoms with Gasteiger partial charge in [0.2, 0.25) is 0 Å². The molecule has 0 aliphatic heterocycles. The Kier molecular flexibility index (Phi) is 5.00. The molecule has 0 amide bonds. The third kappa shape index (κ3) is 4.02. The summed E-state index contributed by atoms with van der Waals surface area (Å²) in [4.78, 5) is 11.0. The van der Waals surface area contributed by atoms with Crippen molar-refractivity contribution in [2.75, 3.05) is 18.5 Å². The van der Waals surface area contributed by atoms with Crippen LogP contribution in [-0.4, -0.2) is 24.2 Å². The van der Waals surface area contributed by atoms with Crippen molar-refractivity contribution >= 4 is 11.7 Å². The van der Waals surface area contributed by atoms with Gasteiger partial charge in [-0.15, -0.1) is 0 Å². The first-order valence-electron chi connectivity index (χ1n) is 6.51. The van der Waals surface area contributed by atoms with Crippen molar-refractivity contribution in [3.8, 4) is 5.75 Å². The van der Waals surface area contributed by atoms with Crippen molar-refractivity contribution in [1.29, 1.82) is 0 Å². The molecule has 2 rings (SSSR count). The molecule has 4 nitrogen and oxygen atoms in total. The molecule has 0 bridgehead atoms. The van der Waals surface area contributed by atoms with Crippen molar-refractivity contribution < 1.29 is 14.6 Å². The van der Waals surface area contributed by atoms with Gasteiger partial charge in [0.15, 0.2) is 0 Å². The Morgan fingerprint density at radius 3 is 2.50 bits per heavy atom. The van der Waals surface area contributed by atoms with Gasteiger partial charge in [0.25, 0.3) is 0 Å². The van der Waals surface area contributed by atoms with Crippen LogP contribution in [0.5, 0.6) is 5.75 Å². The Hall–Kier alpha value is -2.49. The van der Waals surface area contributed by atoms with E-state index >= 15 is 0 Å². The maximum atomic E-state index is 11.0. The number of carboxylic acid groups (broad SMARTS) is 1. The molecule has 2 aromatic carbocycles. The molecule has 0 aliphatic rings. The highest BCUT2D eigenvalue weighted by atomic mass is 16.5. The second-order valence-electron chi connectivity index (χ2n) is 4.29. The highest BCUT2D eigenvalue weighted by Gasteiger charge is 2.07. The molecule has 0 fully saturated rings. The molecule has 0 heterocycles. The van der Waals surface area contributed by atoms with Crippen molar-refractivity contribution in [2.24, 2.45) is 0 Å². The predicted molar refractivity (Wildman–Crippen MR) is 78.4 cm³/mol. The number of carboxylic acids is 1. The standard InChI is InChI=1S/C16H17NO3/c18-16(19)14-9-4-5-10-15(14)17-11-6-12-20-13-7-2-1-3-8-13/h1-5,7-10,17H,6,11-12H2,(H,18,19). The summed E-state index contributed by atoms with van der Waals surface area (Å²) >= 11 is 0. The highest BCUT2D eigenvalue weighted by Crippen LogP contribution is 2.14. The molecule has 0 aromatic heterocycles. The minimum absolute atomic E-state index is 0.288. The van der Waals surface area contributed by atoms with Gasteiger partial charge in [0, 0.05) is 12.2 Å². The van der Waals surface area contributed by atoms with Gasteiger partial charge in [-0.25, -0.2) is 4.79 Å². The molecule has 0 atom stereocenters. The molecule has 0 spiro atoms. The maximum Gasteiger partial charge on any atom is 0.337 e. The molecule has 0 aliphatic carbocycles. The van der Waals surface area contributed by atoms with Crippen molar-refractivity contribution in [1.82, 2.24) is 0 Å². The Balaban J connectivity index is 1.75. The Morgan fingerprint density at radius 2 is 1.75 bits per heavy atom. The van der Waals surface area contributed by atoms with Crippen molar-refractivity contribution in [3.05, 3.63) is 60.2 Å². The Morgan fingerprint density at radius 1 is 1.05 bits per heavy atom. The van der Waals surface area contributed by atoms with Crippen LogP contribution in [0.15, 0.2) is 54.6 Å². The van der Waals surface area contributed by atoms with E-state index in [-0.39, 0.29) is 5.56 Å². The van der Waals surface area contributed by atoms with Gasteiger partial charge >= 0.3 is 5.97 Å². The van der Waals surface area contributed by atoms with Crippen LogP contribution in [0.2, 0.25) is 0 Å². The molecule has 104 valence electrons. The van der Waals surface area contributed by atoms with Gasteiger partial charge in [0.1, 0.15) is 5.75 Å². The summed E-state index contributed by atoms with van der Waals surface area (Å²) in [7, 11) is 0. The molecular formula is C16H17NO3. The summed E-state index contributed by atoms with van der Waals surface area (Å²) in [6.45, 7) is 1.25. The first-order chi connectivity index (χ1) is 9.77. The molecular weight excluding hydrogens is 254 g/mol. The SMILES string of the molecule is O=C(O)c1ccccc1NCCCOc1ccccc1. The summed E-state index contributed by atoms with van der Waals surface area (Å²) in [6.07, 6.45) is 0.794. The second kappa shape index (κ2) is 7.19. The van der Waals surface area contributed by atoms with Gasteiger partial charge in [-0.3, -0.25) is 0 Å². The third-order valence-electron chi connectivity index (χ3n) is 2.81. The maximum absolute atomic E-state index is 11.0. The van der Waals surface area contributed by atoms with Crippen LogP contribution in [0.4, 0.5) is 5.69 Å². The fourth-order valence-corrected chi connectivity index (χ4v) is 1.83. The van der Waals surface area contributed by atoms with Gasteiger partial charge in [-0.2, -0.15) is 0 Å². The van der Waals surface area contributed by atoms with E-state index in [9.17, 15) is 4.79 Å². The number of aromatic carboxylic acids is 1. The number of ether oxygens (including phenoxy) is 1. The lowest BCUT2D eigenvalue weighted by Gasteiger charge is -2.10. The lowest BCUT2D eigenvalue weighted by atomic mass is 10.2. The first kappa shape index (κ1) is 13.9. The fraction of sp³-hybridized carbons (Fsp3) is 0.188. The zero-order valence-electron chi connectivity index (χ0n) is 11.1. The molecule has 0 saturated carbocycles. The minimum atomic E-state index is -0.923. The van der Waals surface area contributed by atoms with Crippen LogP contribution in [0, 0.1) is 0 Å². The average Bonchev–Trinajstić information content (AvgIpc) is 2.48. The van der Waals surface area contributed by atoms with E-state index in [4.69, 9.17) is 9.84 Å². The molecule has 0 radical (unpaired) electrons. The molecule has 20 heavy (non-hydrogen) atoms. The first-order valence-corrected chi connectivity index (χ1v) is 6.51. The van der Waals surface area contributed by atoms with Crippen molar-refractivity contribution in [2.45, 2.75) is 6.42 Å². The van der Waals surface area contributed by atoms with Crippen LogP contribution in [0.1, 0.15) is 16.8 Å². The van der Waals surface area contributed by atoms with Crippen molar-refractivity contribution in [3.63, 3.8) is 0 Å². The zero-order valence-corrected chi connectivity index (χ0v) is 11.1. The normalized spacial score (nSPS) is 10.0. The van der Waals surface area contributed by atoms with Crippen LogP contribution in [0.3, 0.4) is 0 Å². The summed E-state index contributed by atoms with van der Waals surface area (Å²) in [5.74, 6) is -0.0768. The lowest BCUT2D eigenvalue weighted by molar-refractivity contribution is 0.0698. The van der Waals surface area contributed by atoms with E-state index in [2.05, 4.69) is 5.32 Å². The third-order valence-corrected chi connectivity index (χ3v) is 2.81. The smallest absolute Gasteiger partial charge is 0.337 e. The van der Waals surface area contributed by atoms with E-state index in [0.717, 1.165) is 12.2 Å². The number of benzene rings is 2. The van der Waals surface area contributed by atoms with E-state index < -0.39 is 5.97 Å². The van der Waals surface area contributed by atoms with E-state index in [1.807, 2.05) is 36.4 Å².